The van der Waals surface area contributed by atoms with Gasteiger partial charge < -0.3 is 5.73 Å². The van der Waals surface area contributed by atoms with Crippen LogP contribution in [0.3, 0.4) is 0 Å². The zero-order chi connectivity index (χ0) is 11.5. The first kappa shape index (κ1) is 10.8. The summed E-state index contributed by atoms with van der Waals surface area (Å²) < 4.78 is 0. The molecule has 2 heteroatoms. The van der Waals surface area contributed by atoms with E-state index in [1.807, 2.05) is 18.2 Å². The van der Waals surface area contributed by atoms with Crippen molar-refractivity contribution in [2.24, 2.45) is 5.73 Å². The van der Waals surface area contributed by atoms with Crippen molar-refractivity contribution in [3.63, 3.8) is 0 Å². The highest BCUT2D eigenvalue weighted by molar-refractivity contribution is 5.64. The van der Waals surface area contributed by atoms with Gasteiger partial charge in [-0.2, -0.15) is 0 Å². The fourth-order valence-electron chi connectivity index (χ4n) is 1.76. The Morgan fingerprint density at radius 2 is 1.94 bits per heavy atom. The molecule has 82 valence electrons. The monoisotopic (exact) mass is 212 g/mol. The molecule has 2 aromatic rings. The van der Waals surface area contributed by atoms with Gasteiger partial charge in [0.1, 0.15) is 0 Å². The van der Waals surface area contributed by atoms with Crippen LogP contribution in [0.15, 0.2) is 36.4 Å². The van der Waals surface area contributed by atoms with Crippen molar-refractivity contribution in [1.82, 2.24) is 4.98 Å². The molecule has 1 heterocycles. The maximum Gasteiger partial charge on any atom is 0.0708 e. The molecule has 0 radical (unpaired) electrons. The number of rotatable bonds is 2. The number of hydrogen-bond acceptors (Lipinski definition) is 2. The van der Waals surface area contributed by atoms with E-state index in [2.05, 4.69) is 37.0 Å². The Kier molecular flexibility index (Phi) is 3.02. The minimum atomic E-state index is 0.485. The minimum Gasteiger partial charge on any atom is -0.325 e. The van der Waals surface area contributed by atoms with Crippen LogP contribution in [0.25, 0.3) is 11.3 Å². The van der Waals surface area contributed by atoms with Gasteiger partial charge in [0.2, 0.25) is 0 Å². The molecule has 0 aliphatic heterocycles. The predicted molar refractivity (Wildman–Crippen MR) is 67.0 cm³/mol. The first-order valence-corrected chi connectivity index (χ1v) is 5.44. The summed E-state index contributed by atoms with van der Waals surface area (Å²) in [5.74, 6) is 0. The van der Waals surface area contributed by atoms with Gasteiger partial charge in [-0.3, -0.25) is 4.98 Å². The summed E-state index contributed by atoms with van der Waals surface area (Å²) in [6, 6.07) is 12.4. The van der Waals surface area contributed by atoms with Crippen molar-refractivity contribution in [2.45, 2.75) is 20.4 Å². The highest BCUT2D eigenvalue weighted by Gasteiger charge is 2.04. The van der Waals surface area contributed by atoms with Crippen molar-refractivity contribution in [2.75, 3.05) is 0 Å². The molecule has 2 rings (SSSR count). The minimum absolute atomic E-state index is 0.485. The molecular weight excluding hydrogens is 196 g/mol. The summed E-state index contributed by atoms with van der Waals surface area (Å²) in [5.41, 5.74) is 11.2. The van der Waals surface area contributed by atoms with Gasteiger partial charge in [0.25, 0.3) is 0 Å². The second kappa shape index (κ2) is 4.45. The number of nitrogens with zero attached hydrogens (tertiary/aromatic N) is 1. The van der Waals surface area contributed by atoms with E-state index in [-0.39, 0.29) is 0 Å². The van der Waals surface area contributed by atoms with Gasteiger partial charge in [0.15, 0.2) is 0 Å². The van der Waals surface area contributed by atoms with Gasteiger partial charge in [0, 0.05) is 12.1 Å². The second-order valence-electron chi connectivity index (χ2n) is 4.04. The largest absolute Gasteiger partial charge is 0.325 e. The summed E-state index contributed by atoms with van der Waals surface area (Å²) in [6.07, 6.45) is 0. The lowest BCUT2D eigenvalue weighted by Gasteiger charge is -2.07. The predicted octanol–water partition coefficient (Wildman–Crippen LogP) is 2.82. The van der Waals surface area contributed by atoms with E-state index in [9.17, 15) is 0 Å². The van der Waals surface area contributed by atoms with Gasteiger partial charge in [0.05, 0.1) is 11.4 Å². The molecule has 0 unspecified atom stereocenters. The Bertz CT molecular complexity index is 504. The number of pyridine rings is 1. The fraction of sp³-hybridized carbons (Fsp3) is 0.214. The summed E-state index contributed by atoms with van der Waals surface area (Å²) in [7, 11) is 0. The maximum atomic E-state index is 5.60. The molecule has 0 bridgehead atoms. The van der Waals surface area contributed by atoms with E-state index in [1.165, 1.54) is 16.7 Å². The smallest absolute Gasteiger partial charge is 0.0708 e. The Balaban J connectivity index is 2.53. The van der Waals surface area contributed by atoms with Crippen LogP contribution >= 0.6 is 0 Å². The highest BCUT2D eigenvalue weighted by Crippen LogP contribution is 2.22. The van der Waals surface area contributed by atoms with Gasteiger partial charge >= 0.3 is 0 Å². The lowest BCUT2D eigenvalue weighted by molar-refractivity contribution is 0.993. The summed E-state index contributed by atoms with van der Waals surface area (Å²) >= 11 is 0. The molecule has 2 N–H and O–H groups in total. The Morgan fingerprint density at radius 3 is 2.69 bits per heavy atom. The Labute approximate surface area is 96.1 Å². The number of hydrogen-bond donors (Lipinski definition) is 1. The van der Waals surface area contributed by atoms with E-state index in [4.69, 9.17) is 5.73 Å². The third-order valence-corrected chi connectivity index (χ3v) is 2.68. The normalized spacial score (nSPS) is 10.4. The molecule has 0 fully saturated rings. The quantitative estimate of drug-likeness (QED) is 0.831. The van der Waals surface area contributed by atoms with E-state index in [0.717, 1.165) is 11.4 Å². The van der Waals surface area contributed by atoms with E-state index in [1.54, 1.807) is 0 Å². The van der Waals surface area contributed by atoms with Gasteiger partial charge in [-0.1, -0.05) is 23.8 Å². The van der Waals surface area contributed by atoms with Gasteiger partial charge in [-0.25, -0.2) is 0 Å². The number of nitrogens with two attached hydrogens (primary N) is 1. The molecule has 0 amide bonds. The topological polar surface area (TPSA) is 38.9 Å². The first-order chi connectivity index (χ1) is 7.70. The molecule has 0 spiro atoms. The molecule has 1 aromatic heterocycles. The molecule has 0 saturated heterocycles. The molecule has 16 heavy (non-hydrogen) atoms. The van der Waals surface area contributed by atoms with Crippen molar-refractivity contribution in [3.05, 3.63) is 53.2 Å². The summed E-state index contributed by atoms with van der Waals surface area (Å²) in [5, 5.41) is 0. The van der Waals surface area contributed by atoms with E-state index < -0.39 is 0 Å². The fourth-order valence-corrected chi connectivity index (χ4v) is 1.76. The van der Waals surface area contributed by atoms with Crippen LogP contribution in [0.2, 0.25) is 0 Å². The number of benzene rings is 1. The summed E-state index contributed by atoms with van der Waals surface area (Å²) in [6.45, 7) is 4.68. The number of aryl methyl sites for hydroxylation is 2. The molecule has 0 aliphatic carbocycles. The molecule has 2 nitrogen and oxygen atoms in total. The van der Waals surface area contributed by atoms with Gasteiger partial charge in [-0.15, -0.1) is 0 Å². The third kappa shape index (κ3) is 2.12. The first-order valence-electron chi connectivity index (χ1n) is 5.44. The van der Waals surface area contributed by atoms with Crippen LogP contribution < -0.4 is 5.73 Å². The van der Waals surface area contributed by atoms with Gasteiger partial charge in [-0.05, 0) is 37.6 Å². The zero-order valence-electron chi connectivity index (χ0n) is 9.70. The van der Waals surface area contributed by atoms with E-state index in [0.29, 0.717) is 6.54 Å². The molecule has 1 aromatic carbocycles. The third-order valence-electron chi connectivity index (χ3n) is 2.68. The zero-order valence-corrected chi connectivity index (χ0v) is 9.70. The van der Waals surface area contributed by atoms with Crippen LogP contribution in [-0.4, -0.2) is 4.98 Å². The van der Waals surface area contributed by atoms with Crippen LogP contribution in [0.1, 0.15) is 16.8 Å². The van der Waals surface area contributed by atoms with E-state index >= 15 is 0 Å². The van der Waals surface area contributed by atoms with Crippen LogP contribution in [-0.2, 0) is 6.54 Å². The average Bonchev–Trinajstić information content (AvgIpc) is 2.32. The van der Waals surface area contributed by atoms with Crippen LogP contribution in [0, 0.1) is 13.8 Å². The maximum absolute atomic E-state index is 5.60. The van der Waals surface area contributed by atoms with Crippen LogP contribution in [0.5, 0.6) is 0 Å². The van der Waals surface area contributed by atoms with Crippen molar-refractivity contribution in [1.29, 1.82) is 0 Å². The lowest BCUT2D eigenvalue weighted by atomic mass is 10.0. The summed E-state index contributed by atoms with van der Waals surface area (Å²) in [4.78, 5) is 4.54. The van der Waals surface area contributed by atoms with Crippen molar-refractivity contribution >= 4 is 0 Å². The highest BCUT2D eigenvalue weighted by atomic mass is 14.7. The Morgan fingerprint density at radius 1 is 1.12 bits per heavy atom. The Hall–Kier alpha value is -1.67. The average molecular weight is 212 g/mol. The van der Waals surface area contributed by atoms with Crippen molar-refractivity contribution < 1.29 is 0 Å². The molecule has 0 atom stereocenters. The second-order valence-corrected chi connectivity index (χ2v) is 4.04. The molecule has 0 aliphatic rings. The standard InChI is InChI=1S/C14H16N2/c1-10-6-7-11(2)13(8-10)14-5-3-4-12(9-15)16-14/h3-8H,9,15H2,1-2H3. The van der Waals surface area contributed by atoms with Crippen molar-refractivity contribution in [3.8, 4) is 11.3 Å². The lowest BCUT2D eigenvalue weighted by Crippen LogP contribution is -2.00. The van der Waals surface area contributed by atoms with Crippen LogP contribution in [0.4, 0.5) is 0 Å². The molecular formula is C14H16N2. The SMILES string of the molecule is Cc1ccc(C)c(-c2cccc(CN)n2)c1. The molecule has 0 saturated carbocycles. The number of aromatic nitrogens is 1.